The Morgan fingerprint density at radius 2 is 1.94 bits per heavy atom. The molecule has 0 bridgehead atoms. The van der Waals surface area contributed by atoms with Gasteiger partial charge in [-0.3, -0.25) is 4.90 Å². The zero-order valence-electron chi connectivity index (χ0n) is 10.7. The van der Waals surface area contributed by atoms with E-state index in [4.69, 9.17) is 11.6 Å². The van der Waals surface area contributed by atoms with Gasteiger partial charge < -0.3 is 0 Å². The third-order valence-corrected chi connectivity index (χ3v) is 4.46. The second-order valence-corrected chi connectivity index (χ2v) is 5.93. The van der Waals surface area contributed by atoms with Crippen LogP contribution in [0.5, 0.6) is 0 Å². The summed E-state index contributed by atoms with van der Waals surface area (Å²) in [4.78, 5) is 2.68. The summed E-state index contributed by atoms with van der Waals surface area (Å²) >= 11 is 5.92. The van der Waals surface area contributed by atoms with Crippen molar-refractivity contribution in [1.29, 1.82) is 0 Å². The maximum absolute atomic E-state index is 5.92. The fourth-order valence-corrected chi connectivity index (χ4v) is 3.33. The Hall–Kier alpha value is -0.790. The molecule has 0 unspecified atom stereocenters. The van der Waals surface area contributed by atoms with Gasteiger partial charge >= 0.3 is 0 Å². The predicted octanol–water partition coefficient (Wildman–Crippen LogP) is 4.37. The molecular weight excluding hydrogens is 242 g/mol. The largest absolute Gasteiger partial charge is 0.300 e. The molecule has 0 aromatic heterocycles. The number of halogens is 1. The van der Waals surface area contributed by atoms with E-state index in [2.05, 4.69) is 23.1 Å². The van der Waals surface area contributed by atoms with Crippen molar-refractivity contribution in [3.63, 3.8) is 0 Å². The zero-order valence-corrected chi connectivity index (χ0v) is 11.5. The highest BCUT2D eigenvalue weighted by molar-refractivity contribution is 6.30. The van der Waals surface area contributed by atoms with Gasteiger partial charge in [0.05, 0.1) is 0 Å². The maximum Gasteiger partial charge on any atom is 0.0406 e. The third-order valence-electron chi connectivity index (χ3n) is 4.21. The molecule has 2 aliphatic heterocycles. The minimum Gasteiger partial charge on any atom is -0.300 e. The molecule has 0 amide bonds. The molecule has 18 heavy (non-hydrogen) atoms. The van der Waals surface area contributed by atoms with Gasteiger partial charge in [-0.25, -0.2) is 0 Å². The number of hydrogen-bond donors (Lipinski definition) is 0. The highest BCUT2D eigenvalue weighted by Gasteiger charge is 2.26. The van der Waals surface area contributed by atoms with Gasteiger partial charge in [-0.05, 0) is 49.9 Å². The van der Waals surface area contributed by atoms with E-state index in [1.54, 1.807) is 5.57 Å². The Labute approximate surface area is 114 Å². The van der Waals surface area contributed by atoms with Crippen LogP contribution in [0.25, 0.3) is 6.08 Å². The average molecular weight is 262 g/mol. The van der Waals surface area contributed by atoms with E-state index in [1.165, 1.54) is 50.8 Å². The SMILES string of the molecule is Clc1ccc(/C=C2\CCN3CCCC[C@@H]3C2)cc1. The number of fused-ring (bicyclic) bond motifs is 1. The van der Waals surface area contributed by atoms with Crippen LogP contribution in [-0.4, -0.2) is 24.0 Å². The predicted molar refractivity (Wildman–Crippen MR) is 77.9 cm³/mol. The summed E-state index contributed by atoms with van der Waals surface area (Å²) in [7, 11) is 0. The normalized spacial score (nSPS) is 27.2. The van der Waals surface area contributed by atoms with Crippen molar-refractivity contribution in [3.8, 4) is 0 Å². The molecule has 0 N–H and O–H groups in total. The van der Waals surface area contributed by atoms with Crippen LogP contribution < -0.4 is 0 Å². The molecular formula is C16H20ClN. The van der Waals surface area contributed by atoms with E-state index in [1.807, 2.05) is 12.1 Å². The highest BCUT2D eigenvalue weighted by Crippen LogP contribution is 2.30. The topological polar surface area (TPSA) is 3.24 Å². The minimum absolute atomic E-state index is 0.811. The lowest BCUT2D eigenvalue weighted by Gasteiger charge is -2.40. The van der Waals surface area contributed by atoms with Gasteiger partial charge in [-0.1, -0.05) is 41.8 Å². The molecule has 0 saturated carbocycles. The molecule has 1 aromatic rings. The molecule has 2 heterocycles. The van der Waals surface area contributed by atoms with Gasteiger partial charge in [0.25, 0.3) is 0 Å². The molecule has 2 aliphatic rings. The van der Waals surface area contributed by atoms with Crippen molar-refractivity contribution in [2.24, 2.45) is 0 Å². The van der Waals surface area contributed by atoms with Crippen molar-refractivity contribution in [3.05, 3.63) is 40.4 Å². The molecule has 1 atom stereocenters. The molecule has 0 aliphatic carbocycles. The van der Waals surface area contributed by atoms with E-state index < -0.39 is 0 Å². The molecule has 3 rings (SSSR count). The molecule has 2 heteroatoms. The third kappa shape index (κ3) is 2.78. The second-order valence-electron chi connectivity index (χ2n) is 5.49. The van der Waals surface area contributed by atoms with Gasteiger partial charge in [0.15, 0.2) is 0 Å². The number of rotatable bonds is 1. The van der Waals surface area contributed by atoms with E-state index in [9.17, 15) is 0 Å². The Kier molecular flexibility index (Phi) is 3.72. The first-order valence-electron chi connectivity index (χ1n) is 7.00. The Bertz CT molecular complexity index is 435. The van der Waals surface area contributed by atoms with Crippen LogP contribution in [-0.2, 0) is 0 Å². The van der Waals surface area contributed by atoms with Crippen LogP contribution in [0.2, 0.25) is 5.02 Å². The number of piperidine rings is 2. The quantitative estimate of drug-likeness (QED) is 0.726. The first kappa shape index (κ1) is 12.3. The van der Waals surface area contributed by atoms with Crippen LogP contribution in [0, 0.1) is 0 Å². The van der Waals surface area contributed by atoms with Gasteiger partial charge in [-0.2, -0.15) is 0 Å². The molecule has 0 spiro atoms. The fourth-order valence-electron chi connectivity index (χ4n) is 3.20. The van der Waals surface area contributed by atoms with Crippen LogP contribution in [0.3, 0.4) is 0 Å². The summed E-state index contributed by atoms with van der Waals surface area (Å²) in [6.07, 6.45) is 9.06. The van der Waals surface area contributed by atoms with Gasteiger partial charge in [0.2, 0.25) is 0 Å². The van der Waals surface area contributed by atoms with Crippen LogP contribution in [0.4, 0.5) is 0 Å². The number of benzene rings is 1. The Morgan fingerprint density at radius 3 is 2.78 bits per heavy atom. The van der Waals surface area contributed by atoms with Crippen molar-refractivity contribution < 1.29 is 0 Å². The van der Waals surface area contributed by atoms with E-state index in [-0.39, 0.29) is 0 Å². The summed E-state index contributed by atoms with van der Waals surface area (Å²) < 4.78 is 0. The van der Waals surface area contributed by atoms with Gasteiger partial charge in [-0.15, -0.1) is 0 Å². The van der Waals surface area contributed by atoms with Gasteiger partial charge in [0.1, 0.15) is 0 Å². The first-order chi connectivity index (χ1) is 8.81. The Balaban J connectivity index is 1.71. The van der Waals surface area contributed by atoms with Crippen molar-refractivity contribution in [2.75, 3.05) is 13.1 Å². The molecule has 0 radical (unpaired) electrons. The monoisotopic (exact) mass is 261 g/mol. The smallest absolute Gasteiger partial charge is 0.0406 e. The molecule has 2 fully saturated rings. The van der Waals surface area contributed by atoms with Crippen molar-refractivity contribution >= 4 is 17.7 Å². The summed E-state index contributed by atoms with van der Waals surface area (Å²) in [6.45, 7) is 2.57. The van der Waals surface area contributed by atoms with E-state index >= 15 is 0 Å². The molecule has 1 aromatic carbocycles. The first-order valence-corrected chi connectivity index (χ1v) is 7.38. The number of nitrogens with zero attached hydrogens (tertiary/aromatic N) is 1. The van der Waals surface area contributed by atoms with Crippen LogP contribution >= 0.6 is 11.6 Å². The molecule has 1 nitrogen and oxygen atoms in total. The molecule has 96 valence electrons. The lowest BCUT2D eigenvalue weighted by molar-refractivity contribution is 0.130. The summed E-state index contributed by atoms with van der Waals surface area (Å²) in [6, 6.07) is 8.99. The lowest BCUT2D eigenvalue weighted by atomic mass is 9.89. The summed E-state index contributed by atoms with van der Waals surface area (Å²) in [5, 5.41) is 0.819. The van der Waals surface area contributed by atoms with Crippen molar-refractivity contribution in [1.82, 2.24) is 4.90 Å². The van der Waals surface area contributed by atoms with Crippen molar-refractivity contribution in [2.45, 2.75) is 38.1 Å². The summed E-state index contributed by atoms with van der Waals surface area (Å²) in [5.74, 6) is 0. The zero-order chi connectivity index (χ0) is 12.4. The lowest BCUT2D eigenvalue weighted by Crippen LogP contribution is -2.43. The minimum atomic E-state index is 0.811. The van der Waals surface area contributed by atoms with Gasteiger partial charge in [0, 0.05) is 17.6 Å². The second kappa shape index (κ2) is 5.46. The Morgan fingerprint density at radius 1 is 1.11 bits per heavy atom. The standard InChI is InChI=1S/C16H20ClN/c17-15-6-4-13(5-7-15)11-14-8-10-18-9-2-1-3-16(18)12-14/h4-7,11,16H,1-3,8-10,12H2/b14-11+/t16-/m1/s1. The van der Waals surface area contributed by atoms with E-state index in [0.29, 0.717) is 0 Å². The fraction of sp³-hybridized carbons (Fsp3) is 0.500. The summed E-state index contributed by atoms with van der Waals surface area (Å²) in [5.41, 5.74) is 2.90. The molecule has 2 saturated heterocycles. The number of hydrogen-bond acceptors (Lipinski definition) is 1. The maximum atomic E-state index is 5.92. The average Bonchev–Trinajstić information content (AvgIpc) is 2.41. The van der Waals surface area contributed by atoms with Crippen LogP contribution in [0.15, 0.2) is 29.8 Å². The van der Waals surface area contributed by atoms with Crippen LogP contribution in [0.1, 0.15) is 37.7 Å². The van der Waals surface area contributed by atoms with E-state index in [0.717, 1.165) is 11.1 Å². The highest BCUT2D eigenvalue weighted by atomic mass is 35.5.